The molecule has 4 aromatic rings. The minimum Gasteiger partial charge on any atom is -0.485 e. The fourth-order valence-corrected chi connectivity index (χ4v) is 3.05. The Morgan fingerprint density at radius 2 is 1.84 bits per heavy atom. The van der Waals surface area contributed by atoms with E-state index in [1.165, 1.54) is 49.4 Å². The molecule has 0 N–H and O–H groups in total. The van der Waals surface area contributed by atoms with Crippen LogP contribution in [0.15, 0.2) is 51.5 Å². The number of nitrogens with zero attached hydrogens (tertiary/aromatic N) is 3. The molecule has 0 bridgehead atoms. The SMILES string of the molecule is Cc1onc(-c2c(F)cccc2Cl)c1C(=O)OCc1nc(COc2ccc(F)cc2)no1. The number of carbonyl (C=O) groups excluding carboxylic acids is 1. The van der Waals surface area contributed by atoms with Crippen LogP contribution in [0.2, 0.25) is 5.02 Å². The Morgan fingerprint density at radius 1 is 1.06 bits per heavy atom. The molecule has 2 aromatic heterocycles. The van der Waals surface area contributed by atoms with Crippen molar-refractivity contribution in [1.82, 2.24) is 15.3 Å². The first kappa shape index (κ1) is 21.4. The van der Waals surface area contributed by atoms with Gasteiger partial charge < -0.3 is 18.5 Å². The second-order valence-electron chi connectivity index (χ2n) is 6.48. The Balaban J connectivity index is 1.42. The monoisotopic (exact) mass is 461 g/mol. The van der Waals surface area contributed by atoms with Crippen molar-refractivity contribution in [2.75, 3.05) is 0 Å². The van der Waals surface area contributed by atoms with Gasteiger partial charge in [0.1, 0.15) is 34.4 Å². The van der Waals surface area contributed by atoms with Crippen LogP contribution < -0.4 is 4.74 Å². The number of aromatic nitrogens is 3. The van der Waals surface area contributed by atoms with E-state index < -0.39 is 11.8 Å². The molecular weight excluding hydrogens is 448 g/mol. The molecule has 0 aliphatic carbocycles. The van der Waals surface area contributed by atoms with Crippen molar-refractivity contribution in [2.24, 2.45) is 0 Å². The van der Waals surface area contributed by atoms with Crippen LogP contribution in [0.3, 0.4) is 0 Å². The van der Waals surface area contributed by atoms with E-state index in [1.54, 1.807) is 0 Å². The zero-order valence-electron chi connectivity index (χ0n) is 16.5. The molecule has 164 valence electrons. The Kier molecular flexibility index (Phi) is 6.13. The van der Waals surface area contributed by atoms with E-state index in [9.17, 15) is 13.6 Å². The third-order valence-electron chi connectivity index (χ3n) is 4.28. The maximum absolute atomic E-state index is 14.3. The molecule has 2 aromatic carbocycles. The van der Waals surface area contributed by atoms with Gasteiger partial charge in [-0.05, 0) is 43.3 Å². The molecule has 0 aliphatic heterocycles. The molecule has 0 spiro atoms. The van der Waals surface area contributed by atoms with Crippen LogP contribution in [0.1, 0.15) is 27.8 Å². The number of aryl methyl sites for hydroxylation is 1. The number of carbonyl (C=O) groups is 1. The Hall–Kier alpha value is -3.79. The molecule has 4 rings (SSSR count). The summed E-state index contributed by atoms with van der Waals surface area (Å²) < 4.78 is 47.9. The predicted molar refractivity (Wildman–Crippen MR) is 106 cm³/mol. The molecule has 0 radical (unpaired) electrons. The second kappa shape index (κ2) is 9.15. The lowest BCUT2D eigenvalue weighted by Crippen LogP contribution is -2.08. The molecular formula is C21H14ClF2N3O5. The number of halogens is 3. The third-order valence-corrected chi connectivity index (χ3v) is 4.60. The van der Waals surface area contributed by atoms with Crippen molar-refractivity contribution in [3.8, 4) is 17.0 Å². The lowest BCUT2D eigenvalue weighted by Gasteiger charge is -2.05. The van der Waals surface area contributed by atoms with E-state index in [1.807, 2.05) is 0 Å². The maximum Gasteiger partial charge on any atom is 0.344 e. The zero-order valence-corrected chi connectivity index (χ0v) is 17.2. The van der Waals surface area contributed by atoms with Gasteiger partial charge >= 0.3 is 5.97 Å². The summed E-state index contributed by atoms with van der Waals surface area (Å²) in [4.78, 5) is 16.7. The van der Waals surface area contributed by atoms with Gasteiger partial charge in [-0.15, -0.1) is 0 Å². The summed E-state index contributed by atoms with van der Waals surface area (Å²) in [7, 11) is 0. The van der Waals surface area contributed by atoms with Gasteiger partial charge in [0.15, 0.2) is 13.2 Å². The van der Waals surface area contributed by atoms with Crippen LogP contribution in [0.25, 0.3) is 11.3 Å². The van der Waals surface area contributed by atoms with Crippen LogP contribution in [0.4, 0.5) is 8.78 Å². The topological polar surface area (TPSA) is 100 Å². The first-order valence-electron chi connectivity index (χ1n) is 9.20. The van der Waals surface area contributed by atoms with E-state index in [0.717, 1.165) is 0 Å². The predicted octanol–water partition coefficient (Wildman–Crippen LogP) is 4.90. The first-order valence-corrected chi connectivity index (χ1v) is 9.57. The van der Waals surface area contributed by atoms with E-state index in [2.05, 4.69) is 15.3 Å². The minimum absolute atomic E-state index is 0.00985. The van der Waals surface area contributed by atoms with Crippen LogP contribution >= 0.6 is 11.6 Å². The fourth-order valence-electron chi connectivity index (χ4n) is 2.79. The number of hydrogen-bond acceptors (Lipinski definition) is 8. The Morgan fingerprint density at radius 3 is 2.59 bits per heavy atom. The molecule has 11 heteroatoms. The summed E-state index contributed by atoms with van der Waals surface area (Å²) >= 11 is 6.07. The van der Waals surface area contributed by atoms with Gasteiger partial charge in [-0.25, -0.2) is 13.6 Å². The summed E-state index contributed by atoms with van der Waals surface area (Å²) in [5.41, 5.74) is -0.220. The zero-order chi connectivity index (χ0) is 22.7. The molecule has 0 saturated carbocycles. The van der Waals surface area contributed by atoms with Gasteiger partial charge in [0.2, 0.25) is 5.82 Å². The molecule has 0 saturated heterocycles. The van der Waals surface area contributed by atoms with E-state index >= 15 is 0 Å². The quantitative estimate of drug-likeness (QED) is 0.358. The van der Waals surface area contributed by atoms with Crippen LogP contribution in [0.5, 0.6) is 5.75 Å². The summed E-state index contributed by atoms with van der Waals surface area (Å²) in [6.07, 6.45) is 0. The van der Waals surface area contributed by atoms with Crippen molar-refractivity contribution in [3.63, 3.8) is 0 Å². The summed E-state index contributed by atoms with van der Waals surface area (Å²) in [5.74, 6) is -1.13. The average molecular weight is 462 g/mol. The van der Waals surface area contributed by atoms with Gasteiger partial charge in [0.25, 0.3) is 5.89 Å². The summed E-state index contributed by atoms with van der Waals surface area (Å²) in [6, 6.07) is 9.51. The van der Waals surface area contributed by atoms with Crippen molar-refractivity contribution in [1.29, 1.82) is 0 Å². The van der Waals surface area contributed by atoms with Crippen molar-refractivity contribution in [2.45, 2.75) is 20.1 Å². The van der Waals surface area contributed by atoms with Gasteiger partial charge in [-0.2, -0.15) is 4.98 Å². The lowest BCUT2D eigenvalue weighted by atomic mass is 10.1. The van der Waals surface area contributed by atoms with Crippen LogP contribution in [-0.4, -0.2) is 21.3 Å². The minimum atomic E-state index is -0.833. The molecule has 0 amide bonds. The van der Waals surface area contributed by atoms with Gasteiger partial charge in [0, 0.05) is 0 Å². The fraction of sp³-hybridized carbons (Fsp3) is 0.143. The number of benzene rings is 2. The smallest absolute Gasteiger partial charge is 0.344 e. The molecule has 0 atom stereocenters. The highest BCUT2D eigenvalue weighted by Gasteiger charge is 2.27. The van der Waals surface area contributed by atoms with E-state index in [0.29, 0.717) is 5.75 Å². The van der Waals surface area contributed by atoms with Gasteiger partial charge in [0.05, 0.1) is 10.6 Å². The molecule has 0 fully saturated rings. The molecule has 8 nitrogen and oxygen atoms in total. The summed E-state index contributed by atoms with van der Waals surface area (Å²) in [6.45, 7) is 1.10. The highest BCUT2D eigenvalue weighted by Crippen LogP contribution is 2.33. The maximum atomic E-state index is 14.3. The number of ether oxygens (including phenoxy) is 2. The van der Waals surface area contributed by atoms with Crippen molar-refractivity contribution < 1.29 is 32.1 Å². The number of hydrogen-bond donors (Lipinski definition) is 0. The van der Waals surface area contributed by atoms with E-state index in [-0.39, 0.29) is 58.3 Å². The van der Waals surface area contributed by atoms with Gasteiger partial charge in [-0.3, -0.25) is 0 Å². The second-order valence-corrected chi connectivity index (χ2v) is 6.89. The van der Waals surface area contributed by atoms with Crippen LogP contribution in [-0.2, 0) is 18.0 Å². The lowest BCUT2D eigenvalue weighted by molar-refractivity contribution is 0.0428. The Labute approximate surface area is 184 Å². The number of rotatable bonds is 7. The standard InChI is InChI=1S/C21H14ClF2N3O5/c1-11-18(20(27-31-11)19-14(22)3-2-4-15(19)24)21(28)30-10-17-25-16(26-32-17)9-29-13-7-5-12(23)6-8-13/h2-8H,9-10H2,1H3. The Bertz CT molecular complexity index is 1240. The van der Waals surface area contributed by atoms with Crippen molar-refractivity contribution in [3.05, 3.63) is 82.2 Å². The van der Waals surface area contributed by atoms with Crippen molar-refractivity contribution >= 4 is 17.6 Å². The highest BCUT2D eigenvalue weighted by molar-refractivity contribution is 6.33. The average Bonchev–Trinajstić information content (AvgIpc) is 3.38. The molecule has 2 heterocycles. The van der Waals surface area contributed by atoms with E-state index in [4.69, 9.17) is 30.1 Å². The molecule has 0 unspecified atom stereocenters. The normalized spacial score (nSPS) is 10.9. The number of esters is 1. The molecule has 32 heavy (non-hydrogen) atoms. The highest BCUT2D eigenvalue weighted by atomic mass is 35.5. The molecule has 0 aliphatic rings. The largest absolute Gasteiger partial charge is 0.485 e. The van der Waals surface area contributed by atoms with Crippen LogP contribution in [0, 0.1) is 18.6 Å². The first-order chi connectivity index (χ1) is 15.4. The van der Waals surface area contributed by atoms with Gasteiger partial charge in [-0.1, -0.05) is 28.0 Å². The third kappa shape index (κ3) is 4.59. The summed E-state index contributed by atoms with van der Waals surface area (Å²) in [5, 5.41) is 7.54.